The Labute approximate surface area is 259 Å². The van der Waals surface area contributed by atoms with Gasteiger partial charge in [-0.2, -0.15) is 0 Å². The second kappa shape index (κ2) is 11.6. The van der Waals surface area contributed by atoms with Crippen LogP contribution >= 0.6 is 11.8 Å². The minimum absolute atomic E-state index is 0.0308. The fourth-order valence-electron chi connectivity index (χ4n) is 5.33. The Morgan fingerprint density at radius 3 is 2.15 bits per heavy atom. The van der Waals surface area contributed by atoms with E-state index in [1.165, 1.54) is 4.46 Å². The zero-order valence-electron chi connectivity index (χ0n) is 26.8. The third-order valence-corrected chi connectivity index (χ3v) is 23.9. The number of nitrogens with zero attached hydrogens (tertiary/aromatic N) is 1. The molecule has 2 heterocycles. The summed E-state index contributed by atoms with van der Waals surface area (Å²) in [7, 11) is -4.29. The van der Waals surface area contributed by atoms with Gasteiger partial charge in [0.1, 0.15) is 0 Å². The maximum atomic E-state index is 13.4. The molecule has 228 valence electrons. The molecule has 2 aromatic rings. The molecule has 1 saturated heterocycles. The van der Waals surface area contributed by atoms with Crippen molar-refractivity contribution in [2.75, 3.05) is 0 Å². The van der Waals surface area contributed by atoms with Gasteiger partial charge in [-0.05, 0) is 0 Å². The minimum atomic E-state index is -2.20. The molecule has 1 aromatic carbocycles. The predicted molar refractivity (Wildman–Crippen MR) is 179 cm³/mol. The number of hydrogen-bond donors (Lipinski definition) is 1. The Balaban J connectivity index is 1.91. The van der Waals surface area contributed by atoms with Crippen LogP contribution in [0.4, 0.5) is 0 Å². The standard InChI is InChI=1S/C31H50N2O4SSeSi2/c1-21-20-33(28(35)32-26(21)34)27-24(39-22-16-13-12-14-17-22)25(37-41(10,11)30(5,6)7)31(38-27)19-15-18-23(31)36-40(8,9)29(2,3)4/h12-14,16-17,20,23-25,27H,15,18-19H2,1-11H3,(H,32,34,35)/t23-,24+,25-,27+,31-/m0/s1. The summed E-state index contributed by atoms with van der Waals surface area (Å²) in [6, 6.07) is 10.7. The van der Waals surface area contributed by atoms with E-state index in [1.54, 1.807) is 17.7 Å². The second-order valence-corrected chi connectivity index (χ2v) is 28.5. The van der Waals surface area contributed by atoms with Gasteiger partial charge in [-0.15, -0.1) is 0 Å². The summed E-state index contributed by atoms with van der Waals surface area (Å²) in [5.74, 6) is 0. The Morgan fingerprint density at radius 2 is 1.56 bits per heavy atom. The first kappa shape index (κ1) is 33.0. The van der Waals surface area contributed by atoms with Crippen LogP contribution in [0.25, 0.3) is 0 Å². The van der Waals surface area contributed by atoms with E-state index < -0.39 is 16.6 Å². The summed E-state index contributed by atoms with van der Waals surface area (Å²) < 4.78 is 17.7. The van der Waals surface area contributed by atoms with E-state index in [0.717, 1.165) is 19.3 Å². The maximum absolute atomic E-state index is 13.4. The molecular weight excluding hydrogens is 632 g/mol. The van der Waals surface area contributed by atoms with E-state index in [0.29, 0.717) is 5.56 Å². The van der Waals surface area contributed by atoms with Gasteiger partial charge in [0.2, 0.25) is 0 Å². The summed E-state index contributed by atoms with van der Waals surface area (Å²) in [4.78, 5) is 28.5. The zero-order valence-corrected chi connectivity index (χ0v) is 31.3. The monoisotopic (exact) mass is 682 g/mol. The van der Waals surface area contributed by atoms with Crippen LogP contribution in [0.2, 0.25) is 41.1 Å². The fraction of sp³-hybridized carbons (Fsp3) is 0.677. The first-order chi connectivity index (χ1) is 18.8. The van der Waals surface area contributed by atoms with Gasteiger partial charge < -0.3 is 0 Å². The van der Waals surface area contributed by atoms with Crippen LogP contribution in [0.1, 0.15) is 71.7 Å². The summed E-state index contributed by atoms with van der Waals surface area (Å²) in [6.07, 6.45) is 4.87. The van der Waals surface area contributed by atoms with Crippen molar-refractivity contribution in [3.63, 3.8) is 0 Å². The van der Waals surface area contributed by atoms with Gasteiger partial charge in [0, 0.05) is 0 Å². The average molecular weight is 682 g/mol. The van der Waals surface area contributed by atoms with Gasteiger partial charge in [-0.1, -0.05) is 0 Å². The van der Waals surface area contributed by atoms with Gasteiger partial charge in [0.05, 0.1) is 0 Å². The molecule has 0 amide bonds. The van der Waals surface area contributed by atoms with Gasteiger partial charge in [-0.3, -0.25) is 0 Å². The molecule has 1 aliphatic carbocycles. The molecule has 4 rings (SSSR count). The molecule has 1 aromatic heterocycles. The summed E-state index contributed by atoms with van der Waals surface area (Å²) in [5, 5.41) is -0.0204. The number of rotatable bonds is 7. The Bertz CT molecular complexity index is 1350. The molecular formula is C31H50N2O4SSeSi2. The van der Waals surface area contributed by atoms with Crippen LogP contribution in [0.3, 0.4) is 0 Å². The first-order valence-corrected chi connectivity index (χ1v) is 23.4. The fourth-order valence-corrected chi connectivity index (χ4v) is 13.9. The van der Waals surface area contributed by atoms with E-state index in [4.69, 9.17) is 8.85 Å². The Morgan fingerprint density at radius 1 is 0.976 bits per heavy atom. The molecule has 1 N–H and O–H groups in total. The summed E-state index contributed by atoms with van der Waals surface area (Å²) in [6.45, 7) is 25.0. The van der Waals surface area contributed by atoms with Gasteiger partial charge in [0.25, 0.3) is 0 Å². The van der Waals surface area contributed by atoms with Gasteiger partial charge in [-0.25, -0.2) is 0 Å². The van der Waals surface area contributed by atoms with Crippen LogP contribution in [0.5, 0.6) is 0 Å². The van der Waals surface area contributed by atoms with Crippen molar-refractivity contribution >= 4 is 47.8 Å². The van der Waals surface area contributed by atoms with Crippen molar-refractivity contribution in [1.29, 1.82) is 0 Å². The molecule has 0 radical (unpaired) electrons. The number of benzene rings is 1. The molecule has 6 nitrogen and oxygen atoms in total. The van der Waals surface area contributed by atoms with E-state index in [9.17, 15) is 9.59 Å². The number of nitrogens with one attached hydrogen (secondary N) is 1. The third-order valence-electron chi connectivity index (χ3n) is 9.89. The first-order valence-electron chi connectivity index (χ1n) is 14.9. The Hall–Kier alpha value is -0.877. The van der Waals surface area contributed by atoms with Crippen LogP contribution in [0.15, 0.2) is 46.1 Å². The van der Waals surface area contributed by atoms with E-state index in [-0.39, 0.29) is 63.4 Å². The predicted octanol–water partition coefficient (Wildman–Crippen LogP) is 6.61. The second-order valence-electron chi connectivity index (χ2n) is 14.9. The molecule has 2 fully saturated rings. The number of thioether (sulfide) groups is 1. The van der Waals surface area contributed by atoms with Crippen molar-refractivity contribution in [2.24, 2.45) is 0 Å². The summed E-state index contributed by atoms with van der Waals surface area (Å²) in [5.41, 5.74) is -0.0995. The summed E-state index contributed by atoms with van der Waals surface area (Å²) >= 11 is 1.93. The van der Waals surface area contributed by atoms with Crippen LogP contribution in [-0.4, -0.2) is 58.1 Å². The van der Waals surface area contributed by atoms with Crippen molar-refractivity contribution in [1.82, 2.24) is 9.55 Å². The van der Waals surface area contributed by atoms with Gasteiger partial charge in [0.15, 0.2) is 0 Å². The molecule has 0 bridgehead atoms. The molecule has 41 heavy (non-hydrogen) atoms. The number of hydrogen-bond acceptors (Lipinski definition) is 5. The normalized spacial score (nSPS) is 27.6. The molecule has 1 aliphatic heterocycles. The van der Waals surface area contributed by atoms with Crippen molar-refractivity contribution in [3.8, 4) is 0 Å². The van der Waals surface area contributed by atoms with Gasteiger partial charge >= 0.3 is 260 Å². The van der Waals surface area contributed by atoms with Crippen LogP contribution in [-0.2, 0) is 8.85 Å². The van der Waals surface area contributed by atoms with Crippen molar-refractivity contribution in [3.05, 3.63) is 62.9 Å². The Kier molecular flexibility index (Phi) is 9.31. The van der Waals surface area contributed by atoms with E-state index in [1.807, 2.05) is 11.8 Å². The number of aromatic amines is 1. The van der Waals surface area contributed by atoms with E-state index in [2.05, 4.69) is 103 Å². The quantitative estimate of drug-likeness (QED) is 0.333. The molecule has 1 saturated carbocycles. The molecule has 0 unspecified atom stereocenters. The molecule has 10 heteroatoms. The van der Waals surface area contributed by atoms with Crippen LogP contribution < -0.4 is 15.7 Å². The average Bonchev–Trinajstić information content (AvgIpc) is 3.36. The number of H-pyrrole nitrogens is 1. The van der Waals surface area contributed by atoms with Crippen molar-refractivity contribution in [2.45, 2.75) is 131 Å². The zero-order chi connectivity index (χ0) is 30.6. The molecule has 1 spiro atoms. The van der Waals surface area contributed by atoms with Crippen LogP contribution in [0, 0.1) is 6.92 Å². The SMILES string of the molecule is Cc1cn([C@@H]2S[C@]3(CCC[C@@H]3O[Si](C)(C)C(C)(C)C)[C@@H](O[Si](C)(C)C(C)(C)C)[C@H]2[Se]c2ccccc2)c(=O)[nH]c1=O. The van der Waals surface area contributed by atoms with Crippen molar-refractivity contribution < 1.29 is 8.85 Å². The number of aromatic nitrogens is 2. The third kappa shape index (κ3) is 6.49. The molecule has 2 aliphatic rings. The molecule has 5 atom stereocenters. The number of aryl methyl sites for hydroxylation is 1. The van der Waals surface area contributed by atoms with E-state index >= 15 is 0 Å². The topological polar surface area (TPSA) is 73.3 Å².